The van der Waals surface area contributed by atoms with Crippen LogP contribution in [0.1, 0.15) is 22.3 Å². The number of nitrogens with zero attached hydrogens (tertiary/aromatic N) is 1. The third-order valence-electron chi connectivity index (χ3n) is 5.21. The predicted octanol–water partition coefficient (Wildman–Crippen LogP) is 7.78. The summed E-state index contributed by atoms with van der Waals surface area (Å²) in [7, 11) is 1.51. The quantitative estimate of drug-likeness (QED) is 0.282. The lowest BCUT2D eigenvalue weighted by molar-refractivity contribution is -0.123. The van der Waals surface area contributed by atoms with E-state index in [2.05, 4.69) is 0 Å². The van der Waals surface area contributed by atoms with Crippen LogP contribution in [0.2, 0.25) is 15.1 Å². The van der Waals surface area contributed by atoms with Crippen LogP contribution < -0.4 is 9.47 Å². The average Bonchev–Trinajstić information content (AvgIpc) is 3.07. The SMILES string of the molecule is COc1cc(/C=C2\SC(=O)N(Cc3ccc(Cl)c(Cl)c3)C2=O)cc(Cl)c1OCc1cccc(C)c1. The molecule has 0 atom stereocenters. The van der Waals surface area contributed by atoms with E-state index in [1.54, 1.807) is 36.4 Å². The Balaban J connectivity index is 1.53. The zero-order valence-electron chi connectivity index (χ0n) is 18.8. The summed E-state index contributed by atoms with van der Waals surface area (Å²) in [5.41, 5.74) is 3.44. The van der Waals surface area contributed by atoms with Gasteiger partial charge in [-0.05, 0) is 65.7 Å². The van der Waals surface area contributed by atoms with Crippen LogP contribution in [0.4, 0.5) is 4.79 Å². The van der Waals surface area contributed by atoms with Crippen LogP contribution in [0.3, 0.4) is 0 Å². The molecule has 1 aliphatic heterocycles. The summed E-state index contributed by atoms with van der Waals surface area (Å²) in [6.07, 6.45) is 1.61. The smallest absolute Gasteiger partial charge is 0.293 e. The Hall–Kier alpha value is -2.64. The zero-order chi connectivity index (χ0) is 25.1. The number of hydrogen-bond donors (Lipinski definition) is 0. The lowest BCUT2D eigenvalue weighted by Gasteiger charge is -2.14. The van der Waals surface area contributed by atoms with Gasteiger partial charge in [-0.2, -0.15) is 0 Å². The van der Waals surface area contributed by atoms with Crippen molar-refractivity contribution in [1.82, 2.24) is 4.90 Å². The second-order valence-corrected chi connectivity index (χ2v) is 10.0. The summed E-state index contributed by atoms with van der Waals surface area (Å²) >= 11 is 19.4. The first-order chi connectivity index (χ1) is 16.7. The average molecular weight is 549 g/mol. The van der Waals surface area contributed by atoms with Gasteiger partial charge in [0.1, 0.15) is 6.61 Å². The fourth-order valence-corrected chi connectivity index (χ4v) is 4.96. The van der Waals surface area contributed by atoms with E-state index >= 15 is 0 Å². The standard InChI is InChI=1S/C26H20Cl3NO4S/c1-15-4-3-5-17(8-15)14-34-24-21(29)10-18(11-22(24)33-2)12-23-25(31)30(26(32)35-23)13-16-6-7-19(27)20(28)9-16/h3-12H,13-14H2,1-2H3/b23-12-. The molecule has 3 aromatic carbocycles. The van der Waals surface area contributed by atoms with Crippen molar-refractivity contribution in [2.45, 2.75) is 20.1 Å². The Morgan fingerprint density at radius 1 is 0.943 bits per heavy atom. The number of benzene rings is 3. The number of halogens is 3. The van der Waals surface area contributed by atoms with Gasteiger partial charge in [0.15, 0.2) is 11.5 Å². The van der Waals surface area contributed by atoms with Gasteiger partial charge in [-0.25, -0.2) is 0 Å². The molecule has 4 rings (SSSR count). The number of hydrogen-bond acceptors (Lipinski definition) is 5. The molecule has 0 bridgehead atoms. The third kappa shape index (κ3) is 5.96. The van der Waals surface area contributed by atoms with Crippen LogP contribution in [0.15, 0.2) is 59.5 Å². The first-order valence-electron chi connectivity index (χ1n) is 10.5. The van der Waals surface area contributed by atoms with Gasteiger partial charge < -0.3 is 9.47 Å². The summed E-state index contributed by atoms with van der Waals surface area (Å²) in [5.74, 6) is 0.424. The van der Waals surface area contributed by atoms with Crippen molar-refractivity contribution >= 4 is 63.8 Å². The first-order valence-corrected chi connectivity index (χ1v) is 12.5. The highest BCUT2D eigenvalue weighted by Crippen LogP contribution is 2.39. The summed E-state index contributed by atoms with van der Waals surface area (Å²) in [5, 5.41) is 0.724. The fraction of sp³-hybridized carbons (Fsp3) is 0.154. The third-order valence-corrected chi connectivity index (χ3v) is 7.14. The number of imide groups is 1. The molecule has 0 aromatic heterocycles. The molecule has 0 aliphatic carbocycles. The topological polar surface area (TPSA) is 55.8 Å². The van der Waals surface area contributed by atoms with Crippen LogP contribution >= 0.6 is 46.6 Å². The van der Waals surface area contributed by atoms with Crippen molar-refractivity contribution in [3.05, 3.63) is 96.8 Å². The van der Waals surface area contributed by atoms with Crippen LogP contribution in [-0.2, 0) is 17.9 Å². The van der Waals surface area contributed by atoms with E-state index < -0.39 is 5.91 Å². The molecule has 0 unspecified atom stereocenters. The molecule has 2 amide bonds. The van der Waals surface area contributed by atoms with Gasteiger partial charge in [-0.3, -0.25) is 14.5 Å². The van der Waals surface area contributed by atoms with Crippen molar-refractivity contribution < 1.29 is 19.1 Å². The number of rotatable bonds is 7. The molecule has 1 aliphatic rings. The Bertz CT molecular complexity index is 1340. The molecule has 9 heteroatoms. The van der Waals surface area contributed by atoms with Crippen LogP contribution in [0, 0.1) is 6.92 Å². The van der Waals surface area contributed by atoms with E-state index in [9.17, 15) is 9.59 Å². The Morgan fingerprint density at radius 3 is 2.46 bits per heavy atom. The molecule has 35 heavy (non-hydrogen) atoms. The summed E-state index contributed by atoms with van der Waals surface area (Å²) < 4.78 is 11.4. The van der Waals surface area contributed by atoms with E-state index in [1.165, 1.54) is 7.11 Å². The van der Waals surface area contributed by atoms with Gasteiger partial charge in [0.2, 0.25) is 0 Å². The molecular formula is C26H20Cl3NO4S. The van der Waals surface area contributed by atoms with Crippen molar-refractivity contribution in [2.24, 2.45) is 0 Å². The van der Waals surface area contributed by atoms with E-state index in [4.69, 9.17) is 44.3 Å². The second kappa shape index (κ2) is 11.0. The highest BCUT2D eigenvalue weighted by molar-refractivity contribution is 8.18. The number of carbonyl (C=O) groups excluding carboxylic acids is 2. The first kappa shape index (κ1) is 25.5. The lowest BCUT2D eigenvalue weighted by atomic mass is 10.1. The Kier molecular flexibility index (Phi) is 7.97. The maximum Gasteiger partial charge on any atom is 0.293 e. The molecule has 5 nitrogen and oxygen atoms in total. The minimum Gasteiger partial charge on any atom is -0.493 e. The van der Waals surface area contributed by atoms with Gasteiger partial charge >= 0.3 is 0 Å². The molecule has 1 heterocycles. The number of ether oxygens (including phenoxy) is 2. The molecule has 0 N–H and O–H groups in total. The van der Waals surface area contributed by atoms with Gasteiger partial charge in [0.25, 0.3) is 11.1 Å². The second-order valence-electron chi connectivity index (χ2n) is 7.83. The minimum atomic E-state index is -0.402. The fourth-order valence-electron chi connectivity index (χ4n) is 3.53. The molecule has 1 fully saturated rings. The van der Waals surface area contributed by atoms with Gasteiger partial charge in [-0.15, -0.1) is 0 Å². The number of thioether (sulfide) groups is 1. The normalized spacial score (nSPS) is 14.7. The number of amides is 2. The monoisotopic (exact) mass is 547 g/mol. The maximum absolute atomic E-state index is 12.9. The minimum absolute atomic E-state index is 0.0920. The van der Waals surface area contributed by atoms with Crippen molar-refractivity contribution in [2.75, 3.05) is 7.11 Å². The molecule has 0 saturated carbocycles. The number of methoxy groups -OCH3 is 1. The lowest BCUT2D eigenvalue weighted by Crippen LogP contribution is -2.27. The summed E-state index contributed by atoms with van der Waals surface area (Å²) in [4.78, 5) is 26.9. The number of aryl methyl sites for hydroxylation is 1. The van der Waals surface area contributed by atoms with Crippen LogP contribution in [-0.4, -0.2) is 23.2 Å². The molecule has 0 radical (unpaired) electrons. The van der Waals surface area contributed by atoms with Gasteiger partial charge in [-0.1, -0.05) is 70.7 Å². The number of carbonyl (C=O) groups is 2. The molecule has 0 spiro atoms. The van der Waals surface area contributed by atoms with Crippen molar-refractivity contribution in [3.63, 3.8) is 0 Å². The van der Waals surface area contributed by atoms with Crippen molar-refractivity contribution in [1.29, 1.82) is 0 Å². The Labute approximate surface area is 222 Å². The molecule has 1 saturated heterocycles. The predicted molar refractivity (Wildman–Crippen MR) is 141 cm³/mol. The van der Waals surface area contributed by atoms with E-state index in [-0.39, 0.29) is 16.7 Å². The van der Waals surface area contributed by atoms with Gasteiger partial charge in [0, 0.05) is 0 Å². The molecular weight excluding hydrogens is 529 g/mol. The molecule has 3 aromatic rings. The summed E-state index contributed by atoms with van der Waals surface area (Å²) in [6, 6.07) is 16.3. The van der Waals surface area contributed by atoms with Crippen LogP contribution in [0.25, 0.3) is 6.08 Å². The zero-order valence-corrected chi connectivity index (χ0v) is 21.9. The van der Waals surface area contributed by atoms with E-state index in [0.29, 0.717) is 44.3 Å². The highest BCUT2D eigenvalue weighted by Gasteiger charge is 2.35. The Morgan fingerprint density at radius 2 is 1.74 bits per heavy atom. The maximum atomic E-state index is 12.9. The van der Waals surface area contributed by atoms with Crippen molar-refractivity contribution in [3.8, 4) is 11.5 Å². The largest absolute Gasteiger partial charge is 0.493 e. The van der Waals surface area contributed by atoms with E-state index in [0.717, 1.165) is 27.8 Å². The van der Waals surface area contributed by atoms with E-state index in [1.807, 2.05) is 31.2 Å². The highest BCUT2D eigenvalue weighted by atomic mass is 35.5. The molecule has 180 valence electrons. The van der Waals surface area contributed by atoms with Crippen LogP contribution in [0.5, 0.6) is 11.5 Å². The van der Waals surface area contributed by atoms with Gasteiger partial charge in [0.05, 0.1) is 33.6 Å². The summed E-state index contributed by atoms with van der Waals surface area (Å²) in [6.45, 7) is 2.43.